The Bertz CT molecular complexity index is 938. The topological polar surface area (TPSA) is 19.4 Å². The number of pyridine rings is 1. The van der Waals surface area contributed by atoms with Crippen LogP contribution in [-0.2, 0) is 20.1 Å². The molecule has 1 aromatic heterocycles. The van der Waals surface area contributed by atoms with Crippen molar-refractivity contribution in [1.82, 2.24) is 4.98 Å². The minimum absolute atomic E-state index is 0. The van der Waals surface area contributed by atoms with E-state index in [9.17, 15) is 0 Å². The molecule has 2 heterocycles. The van der Waals surface area contributed by atoms with Gasteiger partial charge in [-0.15, -0.1) is 35.9 Å². The van der Waals surface area contributed by atoms with Gasteiger partial charge in [-0.1, -0.05) is 36.0 Å². The fourth-order valence-electron chi connectivity index (χ4n) is 2.88. The van der Waals surface area contributed by atoms with Crippen LogP contribution in [0.2, 0.25) is 0 Å². The van der Waals surface area contributed by atoms with Crippen molar-refractivity contribution in [2.24, 2.45) is 0 Å². The van der Waals surface area contributed by atoms with Gasteiger partial charge in [-0.2, -0.15) is 37.0 Å². The smallest absolute Gasteiger partial charge is 0.533 e. The van der Waals surface area contributed by atoms with Gasteiger partial charge in [0, 0.05) is 11.9 Å². The normalized spacial score (nSPS) is 12.0. The molecule has 3 nitrogen and oxygen atoms in total. The molecule has 0 spiro atoms. The number of para-hydroxylation sites is 1. The average molecular weight is 567 g/mol. The summed E-state index contributed by atoms with van der Waals surface area (Å²) in [6.07, 6.45) is 5.87. The number of benzene rings is 3. The molecule has 30 heavy (non-hydrogen) atoms. The van der Waals surface area contributed by atoms with Crippen molar-refractivity contribution in [3.63, 3.8) is 0 Å². The quantitative estimate of drug-likeness (QED) is 0.286. The molecule has 5 rings (SSSR count). The van der Waals surface area contributed by atoms with E-state index in [0.717, 1.165) is 22.6 Å². The Hall–Kier alpha value is -3.20. The number of hydrogen-bond acceptors (Lipinski definition) is 3. The first-order valence-corrected chi connectivity index (χ1v) is 9.39. The first-order chi connectivity index (χ1) is 14.4. The molecule has 0 aliphatic carbocycles. The van der Waals surface area contributed by atoms with Gasteiger partial charge in [0.25, 0.3) is 0 Å². The molecule has 0 atom stereocenters. The zero-order valence-electron chi connectivity index (χ0n) is 16.2. The Morgan fingerprint density at radius 3 is 2.10 bits per heavy atom. The maximum atomic E-state index is 4.22. The number of aromatic nitrogens is 1. The molecular weight excluding hydrogens is 547 g/mol. The van der Waals surface area contributed by atoms with Crippen LogP contribution < -0.4 is 9.80 Å². The molecule has 4 aromatic rings. The van der Waals surface area contributed by atoms with Crippen molar-refractivity contribution >= 4 is 11.4 Å². The van der Waals surface area contributed by atoms with E-state index in [1.54, 1.807) is 6.20 Å². The molecule has 0 unspecified atom stereocenters. The Morgan fingerprint density at radius 1 is 0.700 bits per heavy atom. The molecule has 0 radical (unpaired) electrons. The summed E-state index contributed by atoms with van der Waals surface area (Å²) in [4.78, 5) is 8.38. The zero-order chi connectivity index (χ0) is 19.7. The van der Waals surface area contributed by atoms with Crippen LogP contribution in [0.3, 0.4) is 0 Å². The van der Waals surface area contributed by atoms with Gasteiger partial charge in [0.2, 0.25) is 0 Å². The van der Waals surface area contributed by atoms with Gasteiger partial charge >= 0.3 is 20.1 Å². The Morgan fingerprint density at radius 2 is 1.43 bits per heavy atom. The minimum atomic E-state index is 0. The number of nitrogens with zero attached hydrogens (tertiary/aromatic N) is 3. The SMILES string of the molecule is [Ir+3].[c-]1cccc(N2C=CN(c3ccccc3)[CH-]2)c1.[c-]1ccccc1-c1ccccn1. The Labute approximate surface area is 191 Å². The number of hydrogen-bond donors (Lipinski definition) is 0. The molecule has 1 aliphatic rings. The molecule has 148 valence electrons. The van der Waals surface area contributed by atoms with Crippen molar-refractivity contribution < 1.29 is 20.1 Å². The third-order valence-electron chi connectivity index (χ3n) is 4.33. The average Bonchev–Trinajstić information content (AvgIpc) is 3.32. The summed E-state index contributed by atoms with van der Waals surface area (Å²) in [6, 6.07) is 38.1. The summed E-state index contributed by atoms with van der Waals surface area (Å²) in [5.74, 6) is 0. The van der Waals surface area contributed by atoms with E-state index in [2.05, 4.69) is 51.8 Å². The first-order valence-electron chi connectivity index (χ1n) is 9.39. The second-order valence-electron chi connectivity index (χ2n) is 6.32. The van der Waals surface area contributed by atoms with Crippen LogP contribution in [0, 0.1) is 18.8 Å². The van der Waals surface area contributed by atoms with E-state index in [0.29, 0.717) is 0 Å². The van der Waals surface area contributed by atoms with Gasteiger partial charge < -0.3 is 14.8 Å². The fraction of sp³-hybridized carbons (Fsp3) is 0. The monoisotopic (exact) mass is 567 g/mol. The van der Waals surface area contributed by atoms with E-state index in [1.807, 2.05) is 91.3 Å². The number of anilines is 2. The molecule has 0 saturated heterocycles. The molecular formula is C26H20IrN3. The summed E-state index contributed by atoms with van der Waals surface area (Å²) in [5, 5.41) is 0. The van der Waals surface area contributed by atoms with E-state index < -0.39 is 0 Å². The van der Waals surface area contributed by atoms with Crippen LogP contribution >= 0.6 is 0 Å². The molecule has 3 aromatic carbocycles. The summed E-state index contributed by atoms with van der Waals surface area (Å²) < 4.78 is 0. The Balaban J connectivity index is 0.000000175. The van der Waals surface area contributed by atoms with Gasteiger partial charge in [-0.3, -0.25) is 0 Å². The van der Waals surface area contributed by atoms with Crippen molar-refractivity contribution in [2.75, 3.05) is 9.80 Å². The van der Waals surface area contributed by atoms with Gasteiger partial charge in [-0.05, 0) is 36.3 Å². The van der Waals surface area contributed by atoms with Crippen LogP contribution in [0.15, 0.2) is 116 Å². The maximum Gasteiger partial charge on any atom is 3.00 e. The number of rotatable bonds is 3. The molecule has 0 amide bonds. The van der Waals surface area contributed by atoms with Gasteiger partial charge in [-0.25, -0.2) is 0 Å². The van der Waals surface area contributed by atoms with Crippen LogP contribution in [0.1, 0.15) is 0 Å². The predicted molar refractivity (Wildman–Crippen MR) is 119 cm³/mol. The largest absolute Gasteiger partial charge is 3.00 e. The summed E-state index contributed by atoms with van der Waals surface area (Å²) >= 11 is 0. The van der Waals surface area contributed by atoms with Crippen molar-refractivity contribution in [1.29, 1.82) is 0 Å². The molecule has 0 saturated carbocycles. The van der Waals surface area contributed by atoms with E-state index in [-0.39, 0.29) is 20.1 Å². The molecule has 0 bridgehead atoms. The van der Waals surface area contributed by atoms with Crippen LogP contribution in [0.5, 0.6) is 0 Å². The van der Waals surface area contributed by atoms with E-state index >= 15 is 0 Å². The van der Waals surface area contributed by atoms with Crippen LogP contribution in [0.4, 0.5) is 11.4 Å². The Kier molecular flexibility index (Phi) is 7.96. The van der Waals surface area contributed by atoms with Gasteiger partial charge in [0.05, 0.1) is 0 Å². The molecule has 0 fully saturated rings. The zero-order valence-corrected chi connectivity index (χ0v) is 18.6. The predicted octanol–water partition coefficient (Wildman–Crippen LogP) is 5.95. The standard InChI is InChI=1S/C15H12N2.C11H8N.Ir/c1-3-7-14(8-4-1)16-11-12-17(13-16)15-9-5-2-6-10-15;1-2-6-10(7-3-1)11-8-4-5-9-12-11;/h1-5,7-13H;1-6,8-9H;/q-2;-1;+3. The van der Waals surface area contributed by atoms with Gasteiger partial charge in [0.1, 0.15) is 0 Å². The summed E-state index contributed by atoms with van der Waals surface area (Å²) in [7, 11) is 0. The van der Waals surface area contributed by atoms with Crippen LogP contribution in [0.25, 0.3) is 11.3 Å². The molecule has 1 aliphatic heterocycles. The first kappa shape index (κ1) is 21.5. The molecule has 0 N–H and O–H groups in total. The second-order valence-corrected chi connectivity index (χ2v) is 6.32. The van der Waals surface area contributed by atoms with Crippen molar-refractivity contribution in [2.45, 2.75) is 0 Å². The molecule has 4 heteroatoms. The van der Waals surface area contributed by atoms with E-state index in [1.165, 1.54) is 0 Å². The minimum Gasteiger partial charge on any atom is -0.533 e. The summed E-state index contributed by atoms with van der Waals surface area (Å²) in [5.41, 5.74) is 4.28. The third kappa shape index (κ3) is 5.66. The second kappa shape index (κ2) is 11.1. The summed E-state index contributed by atoms with van der Waals surface area (Å²) in [6.45, 7) is 2.05. The van der Waals surface area contributed by atoms with E-state index in [4.69, 9.17) is 0 Å². The van der Waals surface area contributed by atoms with Crippen molar-refractivity contribution in [3.8, 4) is 11.3 Å². The third-order valence-corrected chi connectivity index (χ3v) is 4.33. The van der Waals surface area contributed by atoms with Gasteiger partial charge in [0.15, 0.2) is 0 Å². The maximum absolute atomic E-state index is 4.22. The van der Waals surface area contributed by atoms with Crippen molar-refractivity contribution in [3.05, 3.63) is 134 Å². The van der Waals surface area contributed by atoms with Crippen LogP contribution in [-0.4, -0.2) is 4.98 Å². The fourth-order valence-corrected chi connectivity index (χ4v) is 2.88.